The summed E-state index contributed by atoms with van der Waals surface area (Å²) in [5.41, 5.74) is 1.48. The second-order valence-corrected chi connectivity index (χ2v) is 5.76. The van der Waals surface area contributed by atoms with E-state index in [0.29, 0.717) is 11.3 Å². The van der Waals surface area contributed by atoms with E-state index >= 15 is 0 Å². The lowest BCUT2D eigenvalue weighted by Gasteiger charge is -2.35. The molecule has 2 aromatic rings. The zero-order chi connectivity index (χ0) is 15.0. The van der Waals surface area contributed by atoms with E-state index in [1.54, 1.807) is 12.1 Å². The van der Waals surface area contributed by atoms with Gasteiger partial charge in [0.25, 0.3) is 0 Å². The molecule has 0 spiro atoms. The van der Waals surface area contributed by atoms with Crippen LogP contribution in [0.1, 0.15) is 35.9 Å². The maximum Gasteiger partial charge on any atom is 0.174 e. The third-order valence-electron chi connectivity index (χ3n) is 3.96. The van der Waals surface area contributed by atoms with Crippen molar-refractivity contribution >= 4 is 5.78 Å². The van der Waals surface area contributed by atoms with Crippen LogP contribution in [0, 0.1) is 11.8 Å². The molecule has 108 valence electrons. The molecule has 2 atom stereocenters. The number of ether oxygens (including phenoxy) is 1. The van der Waals surface area contributed by atoms with Crippen molar-refractivity contribution in [2.45, 2.75) is 20.0 Å². The van der Waals surface area contributed by atoms with Gasteiger partial charge in [0, 0.05) is 0 Å². The largest absolute Gasteiger partial charge is 0.508 e. The van der Waals surface area contributed by atoms with E-state index in [9.17, 15) is 9.90 Å². The first-order chi connectivity index (χ1) is 10.1. The summed E-state index contributed by atoms with van der Waals surface area (Å²) in [5.74, 6) is 0.575. The van der Waals surface area contributed by atoms with E-state index in [-0.39, 0.29) is 29.5 Å². The predicted molar refractivity (Wildman–Crippen MR) is 80.6 cm³/mol. The van der Waals surface area contributed by atoms with Crippen molar-refractivity contribution in [3.8, 4) is 11.5 Å². The van der Waals surface area contributed by atoms with Crippen molar-refractivity contribution in [3.63, 3.8) is 0 Å². The predicted octanol–water partition coefficient (Wildman–Crippen LogP) is 3.98. The standard InChI is InChI=1S/C18H18O3/c1-11(2)16-17(20)14-10-13(19)8-9-15(14)21-18(16)12-6-4-3-5-7-12/h3-11,16,18-19H,1-2H3. The van der Waals surface area contributed by atoms with Gasteiger partial charge in [0.15, 0.2) is 5.78 Å². The molecule has 3 nitrogen and oxygen atoms in total. The molecule has 0 aliphatic carbocycles. The molecule has 1 N–H and O–H groups in total. The molecule has 0 bridgehead atoms. The summed E-state index contributed by atoms with van der Waals surface area (Å²) in [6.07, 6.45) is -0.282. The summed E-state index contributed by atoms with van der Waals surface area (Å²) in [6.45, 7) is 4.05. The number of fused-ring (bicyclic) bond motifs is 1. The van der Waals surface area contributed by atoms with E-state index < -0.39 is 0 Å². The Balaban J connectivity index is 2.09. The summed E-state index contributed by atoms with van der Waals surface area (Å²) in [6, 6.07) is 14.5. The van der Waals surface area contributed by atoms with Gasteiger partial charge in [0.2, 0.25) is 0 Å². The molecule has 0 fully saturated rings. The number of carbonyl (C=O) groups excluding carboxylic acids is 1. The molecule has 3 rings (SSSR count). The first-order valence-corrected chi connectivity index (χ1v) is 7.16. The minimum Gasteiger partial charge on any atom is -0.508 e. The highest BCUT2D eigenvalue weighted by atomic mass is 16.5. The number of benzene rings is 2. The number of aromatic hydroxyl groups is 1. The topological polar surface area (TPSA) is 46.5 Å². The second-order valence-electron chi connectivity index (χ2n) is 5.76. The molecule has 2 aromatic carbocycles. The highest BCUT2D eigenvalue weighted by Crippen LogP contribution is 2.42. The quantitative estimate of drug-likeness (QED) is 0.906. The molecule has 1 aliphatic heterocycles. The van der Waals surface area contributed by atoms with Crippen LogP contribution in [0.4, 0.5) is 0 Å². The number of phenols is 1. The Morgan fingerprint density at radius 2 is 1.81 bits per heavy atom. The number of hydrogen-bond acceptors (Lipinski definition) is 3. The molecular formula is C18H18O3. The van der Waals surface area contributed by atoms with Crippen LogP contribution in [0.3, 0.4) is 0 Å². The van der Waals surface area contributed by atoms with Crippen molar-refractivity contribution in [1.82, 2.24) is 0 Å². The van der Waals surface area contributed by atoms with Crippen molar-refractivity contribution in [1.29, 1.82) is 0 Å². The Morgan fingerprint density at radius 3 is 2.48 bits per heavy atom. The lowest BCUT2D eigenvalue weighted by atomic mass is 9.79. The first kappa shape index (κ1) is 13.7. The Morgan fingerprint density at radius 1 is 1.10 bits per heavy atom. The number of phenolic OH excluding ortho intramolecular Hbond substituents is 1. The summed E-state index contributed by atoms with van der Waals surface area (Å²) < 4.78 is 6.09. The van der Waals surface area contributed by atoms with Gasteiger partial charge in [-0.15, -0.1) is 0 Å². The minimum atomic E-state index is -0.282. The van der Waals surface area contributed by atoms with Crippen molar-refractivity contribution < 1.29 is 14.6 Å². The van der Waals surface area contributed by atoms with Crippen molar-refractivity contribution in [2.75, 3.05) is 0 Å². The molecule has 0 radical (unpaired) electrons. The van der Waals surface area contributed by atoms with Gasteiger partial charge in [-0.2, -0.15) is 0 Å². The van der Waals surface area contributed by atoms with Gasteiger partial charge < -0.3 is 9.84 Å². The molecule has 1 aliphatic rings. The fourth-order valence-corrected chi connectivity index (χ4v) is 2.91. The van der Waals surface area contributed by atoms with Crippen LogP contribution in [0.5, 0.6) is 11.5 Å². The Kier molecular flexibility index (Phi) is 3.42. The molecule has 2 unspecified atom stereocenters. The van der Waals surface area contributed by atoms with Gasteiger partial charge in [-0.3, -0.25) is 4.79 Å². The number of rotatable bonds is 2. The SMILES string of the molecule is CC(C)C1C(=O)c2cc(O)ccc2OC1c1ccccc1. The minimum absolute atomic E-state index is 0.0380. The molecule has 0 aromatic heterocycles. The monoisotopic (exact) mass is 282 g/mol. The maximum absolute atomic E-state index is 12.8. The molecule has 0 amide bonds. The summed E-state index contributed by atoms with van der Waals surface area (Å²) >= 11 is 0. The number of ketones is 1. The Bertz CT molecular complexity index is 661. The Labute approximate surface area is 124 Å². The summed E-state index contributed by atoms with van der Waals surface area (Å²) in [7, 11) is 0. The zero-order valence-corrected chi connectivity index (χ0v) is 12.1. The zero-order valence-electron chi connectivity index (χ0n) is 12.1. The van der Waals surface area contributed by atoms with Gasteiger partial charge in [-0.25, -0.2) is 0 Å². The smallest absolute Gasteiger partial charge is 0.174 e. The van der Waals surface area contributed by atoms with Crippen LogP contribution in [-0.4, -0.2) is 10.9 Å². The van der Waals surface area contributed by atoms with Gasteiger partial charge in [0.1, 0.15) is 17.6 Å². The highest BCUT2D eigenvalue weighted by molar-refractivity contribution is 6.02. The molecule has 0 saturated heterocycles. The first-order valence-electron chi connectivity index (χ1n) is 7.16. The number of hydrogen-bond donors (Lipinski definition) is 1. The van der Waals surface area contributed by atoms with Crippen LogP contribution in [0.25, 0.3) is 0 Å². The summed E-state index contributed by atoms with van der Waals surface area (Å²) in [5, 5.41) is 9.61. The van der Waals surface area contributed by atoms with Gasteiger partial charge in [-0.05, 0) is 29.7 Å². The van der Waals surface area contributed by atoms with E-state index in [1.807, 2.05) is 44.2 Å². The average Bonchev–Trinajstić information content (AvgIpc) is 2.48. The van der Waals surface area contributed by atoms with E-state index in [1.165, 1.54) is 6.07 Å². The highest BCUT2D eigenvalue weighted by Gasteiger charge is 2.39. The Hall–Kier alpha value is -2.29. The third-order valence-corrected chi connectivity index (χ3v) is 3.96. The van der Waals surface area contributed by atoms with Gasteiger partial charge in [-0.1, -0.05) is 44.2 Å². The fourth-order valence-electron chi connectivity index (χ4n) is 2.91. The van der Waals surface area contributed by atoms with Crippen LogP contribution < -0.4 is 4.74 Å². The normalized spacial score (nSPS) is 21.0. The van der Waals surface area contributed by atoms with E-state index in [0.717, 1.165) is 5.56 Å². The number of Topliss-reactive ketones (excluding diaryl/α,β-unsaturated/α-hetero) is 1. The number of carbonyl (C=O) groups is 1. The van der Waals surface area contributed by atoms with Crippen molar-refractivity contribution in [2.24, 2.45) is 11.8 Å². The van der Waals surface area contributed by atoms with E-state index in [4.69, 9.17) is 4.74 Å². The average molecular weight is 282 g/mol. The molecule has 1 heterocycles. The van der Waals surface area contributed by atoms with Gasteiger partial charge in [0.05, 0.1) is 11.5 Å². The second kappa shape index (κ2) is 5.24. The van der Waals surface area contributed by atoms with Crippen LogP contribution in [-0.2, 0) is 0 Å². The molecule has 0 saturated carbocycles. The summed E-state index contributed by atoms with van der Waals surface area (Å²) in [4.78, 5) is 12.8. The van der Waals surface area contributed by atoms with Crippen LogP contribution in [0.15, 0.2) is 48.5 Å². The van der Waals surface area contributed by atoms with Gasteiger partial charge >= 0.3 is 0 Å². The van der Waals surface area contributed by atoms with E-state index in [2.05, 4.69) is 0 Å². The fraction of sp³-hybridized carbons (Fsp3) is 0.278. The lowest BCUT2D eigenvalue weighted by molar-refractivity contribution is 0.0550. The lowest BCUT2D eigenvalue weighted by Crippen LogP contribution is -2.35. The van der Waals surface area contributed by atoms with Crippen LogP contribution in [0.2, 0.25) is 0 Å². The maximum atomic E-state index is 12.8. The van der Waals surface area contributed by atoms with Crippen LogP contribution >= 0.6 is 0 Å². The molecule has 3 heteroatoms. The van der Waals surface area contributed by atoms with Crippen molar-refractivity contribution in [3.05, 3.63) is 59.7 Å². The molecular weight excluding hydrogens is 264 g/mol. The third kappa shape index (κ3) is 2.40. The molecule has 21 heavy (non-hydrogen) atoms.